The molecule has 0 aliphatic heterocycles. The van der Waals surface area contributed by atoms with E-state index in [2.05, 4.69) is 20.8 Å². The van der Waals surface area contributed by atoms with Crippen molar-refractivity contribution in [1.82, 2.24) is 0 Å². The summed E-state index contributed by atoms with van der Waals surface area (Å²) in [6.45, 7) is 7.33. The molecule has 0 spiro atoms. The van der Waals surface area contributed by atoms with Gasteiger partial charge in [0.05, 0.1) is 5.66 Å². The van der Waals surface area contributed by atoms with Gasteiger partial charge in [0.1, 0.15) is 0 Å². The summed E-state index contributed by atoms with van der Waals surface area (Å²) in [5, 5.41) is 9.12. The smallest absolute Gasteiger partial charge is 0.303 e. The summed E-state index contributed by atoms with van der Waals surface area (Å²) in [5.74, 6) is 3.45. The van der Waals surface area contributed by atoms with Crippen LogP contribution in [0, 0.1) is 46.3 Å². The van der Waals surface area contributed by atoms with Gasteiger partial charge in [0.15, 0.2) is 0 Å². The van der Waals surface area contributed by atoms with E-state index in [9.17, 15) is 4.79 Å². The van der Waals surface area contributed by atoms with E-state index in [4.69, 9.17) is 22.3 Å². The fraction of sp³-hybridized carbons (Fsp3) is 0.958. The lowest BCUT2D eigenvalue weighted by molar-refractivity contribution is -0.138. The summed E-state index contributed by atoms with van der Waals surface area (Å²) in [5.41, 5.74) is 19.2. The quantitative estimate of drug-likeness (QED) is 0.532. The van der Waals surface area contributed by atoms with Crippen LogP contribution < -0.4 is 17.2 Å². The number of hydrogen-bond donors (Lipinski definition) is 4. The van der Waals surface area contributed by atoms with Crippen LogP contribution in [0.4, 0.5) is 0 Å². The molecular formula is C24H43N3O2. The number of nitrogens with two attached hydrogens (primary N) is 3. The van der Waals surface area contributed by atoms with Crippen LogP contribution in [-0.4, -0.2) is 22.8 Å². The van der Waals surface area contributed by atoms with Crippen molar-refractivity contribution in [2.45, 2.75) is 96.7 Å². The third kappa shape index (κ3) is 3.36. The van der Waals surface area contributed by atoms with E-state index < -0.39 is 11.6 Å². The summed E-state index contributed by atoms with van der Waals surface area (Å²) < 4.78 is 0. The maximum absolute atomic E-state index is 11.1. The molecule has 0 amide bonds. The lowest BCUT2D eigenvalue weighted by atomic mass is 9.43. The van der Waals surface area contributed by atoms with Gasteiger partial charge in [-0.1, -0.05) is 20.8 Å². The van der Waals surface area contributed by atoms with Crippen molar-refractivity contribution in [1.29, 1.82) is 0 Å². The van der Waals surface area contributed by atoms with Gasteiger partial charge in [-0.2, -0.15) is 0 Å². The van der Waals surface area contributed by atoms with Gasteiger partial charge in [-0.3, -0.25) is 4.79 Å². The van der Waals surface area contributed by atoms with Crippen molar-refractivity contribution in [2.24, 2.45) is 63.5 Å². The van der Waals surface area contributed by atoms with Crippen LogP contribution >= 0.6 is 0 Å². The molecule has 0 radical (unpaired) electrons. The molecule has 4 fully saturated rings. The summed E-state index contributed by atoms with van der Waals surface area (Å²) in [6, 6.07) is -0.108. The predicted octanol–water partition coefficient (Wildman–Crippen LogP) is 3.70. The van der Waals surface area contributed by atoms with Crippen molar-refractivity contribution < 1.29 is 9.90 Å². The number of aliphatic carboxylic acids is 1. The highest BCUT2D eigenvalue weighted by molar-refractivity contribution is 5.66. The van der Waals surface area contributed by atoms with Crippen molar-refractivity contribution in [3.8, 4) is 0 Å². The molecule has 0 heterocycles. The van der Waals surface area contributed by atoms with Crippen LogP contribution in [0.15, 0.2) is 0 Å². The molecule has 4 saturated carbocycles. The zero-order chi connectivity index (χ0) is 21.2. The molecule has 4 aliphatic rings. The van der Waals surface area contributed by atoms with E-state index in [-0.39, 0.29) is 11.5 Å². The first-order chi connectivity index (χ1) is 13.5. The maximum atomic E-state index is 11.1. The third-order valence-electron chi connectivity index (χ3n) is 10.6. The third-order valence-corrected chi connectivity index (χ3v) is 10.6. The van der Waals surface area contributed by atoms with Crippen molar-refractivity contribution in [3.05, 3.63) is 0 Å². The van der Waals surface area contributed by atoms with Crippen molar-refractivity contribution >= 4 is 5.97 Å². The number of hydrogen-bond acceptors (Lipinski definition) is 4. The Morgan fingerprint density at radius 2 is 1.72 bits per heavy atom. The minimum atomic E-state index is -0.710. The molecule has 2 unspecified atom stereocenters. The minimum Gasteiger partial charge on any atom is -0.481 e. The van der Waals surface area contributed by atoms with Gasteiger partial charge in [0.2, 0.25) is 0 Å². The van der Waals surface area contributed by atoms with Gasteiger partial charge in [-0.25, -0.2) is 0 Å². The second-order valence-electron chi connectivity index (χ2n) is 11.9. The SMILES string of the molecule is C[C@H](CCC(=O)O)[C@H]1CC[C@H]2[C@@H]3CCC4CC(N)(N)C(N)C[C@]4(C)[C@H]3CC[C@]12C. The second-order valence-corrected chi connectivity index (χ2v) is 11.9. The monoisotopic (exact) mass is 405 g/mol. The summed E-state index contributed by atoms with van der Waals surface area (Å²) in [4.78, 5) is 11.1. The number of rotatable bonds is 4. The van der Waals surface area contributed by atoms with E-state index in [1.54, 1.807) is 0 Å². The van der Waals surface area contributed by atoms with E-state index in [0.717, 1.165) is 37.0 Å². The van der Waals surface area contributed by atoms with E-state index in [1.165, 1.54) is 38.5 Å². The number of carboxylic acid groups (broad SMARTS) is 1. The zero-order valence-corrected chi connectivity index (χ0v) is 18.7. The first-order valence-corrected chi connectivity index (χ1v) is 12.0. The molecule has 4 rings (SSSR count). The first-order valence-electron chi connectivity index (χ1n) is 12.0. The molecular weight excluding hydrogens is 362 g/mol. The Bertz CT molecular complexity index is 652. The van der Waals surface area contributed by atoms with E-state index in [1.807, 2.05) is 0 Å². The van der Waals surface area contributed by atoms with E-state index >= 15 is 0 Å². The van der Waals surface area contributed by atoms with Crippen LogP contribution in [0.3, 0.4) is 0 Å². The highest BCUT2D eigenvalue weighted by Gasteiger charge is 2.62. The molecule has 0 aromatic rings. The number of carbonyl (C=O) groups is 1. The second kappa shape index (κ2) is 7.20. The topological polar surface area (TPSA) is 115 Å². The lowest BCUT2D eigenvalue weighted by Gasteiger charge is -2.63. The molecule has 0 bridgehead atoms. The Morgan fingerprint density at radius 1 is 1.03 bits per heavy atom. The maximum Gasteiger partial charge on any atom is 0.303 e. The number of carboxylic acids is 1. The highest BCUT2D eigenvalue weighted by atomic mass is 16.4. The summed E-state index contributed by atoms with van der Waals surface area (Å²) >= 11 is 0. The summed E-state index contributed by atoms with van der Waals surface area (Å²) in [7, 11) is 0. The Morgan fingerprint density at radius 3 is 2.41 bits per heavy atom. The van der Waals surface area contributed by atoms with E-state index in [0.29, 0.717) is 29.6 Å². The molecule has 5 nitrogen and oxygen atoms in total. The minimum absolute atomic E-state index is 0.108. The molecule has 0 saturated heterocycles. The predicted molar refractivity (Wildman–Crippen MR) is 116 cm³/mol. The van der Waals surface area contributed by atoms with Gasteiger partial charge in [-0.05, 0) is 104 Å². The van der Waals surface area contributed by atoms with Gasteiger partial charge in [-0.15, -0.1) is 0 Å². The van der Waals surface area contributed by atoms with Gasteiger partial charge >= 0.3 is 5.97 Å². The zero-order valence-electron chi connectivity index (χ0n) is 18.7. The van der Waals surface area contributed by atoms with Crippen LogP contribution in [-0.2, 0) is 4.79 Å². The fourth-order valence-corrected chi connectivity index (χ4v) is 8.96. The molecule has 0 aromatic heterocycles. The summed E-state index contributed by atoms with van der Waals surface area (Å²) in [6.07, 6.45) is 10.7. The van der Waals surface area contributed by atoms with Crippen LogP contribution in [0.5, 0.6) is 0 Å². The standard InChI is InChI=1S/C24H43N3O2/c1-14(4-9-21(28)29)17-7-8-18-16-6-5-15-12-24(26,27)20(25)13-23(15,3)19(16)10-11-22(17,18)2/h14-20H,4-13,25-27H2,1-3H3,(H,28,29)/t14-,15?,16+,17-,18+,19+,20?,22-,23+/m1/s1. The van der Waals surface area contributed by atoms with Gasteiger partial charge in [0, 0.05) is 12.5 Å². The van der Waals surface area contributed by atoms with Crippen molar-refractivity contribution in [2.75, 3.05) is 0 Å². The number of fused-ring (bicyclic) bond motifs is 5. The van der Waals surface area contributed by atoms with Crippen LogP contribution in [0.1, 0.15) is 85.0 Å². The van der Waals surface area contributed by atoms with Gasteiger partial charge < -0.3 is 22.3 Å². The Labute approximate surface area is 176 Å². The largest absolute Gasteiger partial charge is 0.481 e. The Kier molecular flexibility index (Phi) is 5.36. The average molecular weight is 406 g/mol. The first kappa shape index (κ1) is 21.6. The van der Waals surface area contributed by atoms with Gasteiger partial charge in [0.25, 0.3) is 0 Å². The lowest BCUT2D eigenvalue weighted by Crippen LogP contribution is -2.70. The normalized spacial score (nSPS) is 49.6. The molecule has 4 aliphatic carbocycles. The Hall–Kier alpha value is -0.650. The molecule has 29 heavy (non-hydrogen) atoms. The average Bonchev–Trinajstić information content (AvgIpc) is 2.98. The fourth-order valence-electron chi connectivity index (χ4n) is 8.96. The molecule has 7 N–H and O–H groups in total. The molecule has 0 aromatic carbocycles. The van der Waals surface area contributed by atoms with Crippen molar-refractivity contribution in [3.63, 3.8) is 0 Å². The van der Waals surface area contributed by atoms with Crippen LogP contribution in [0.25, 0.3) is 0 Å². The van der Waals surface area contributed by atoms with Crippen LogP contribution in [0.2, 0.25) is 0 Å². The molecule has 5 heteroatoms. The molecule has 166 valence electrons. The highest BCUT2D eigenvalue weighted by Crippen LogP contribution is 2.68. The Balaban J connectivity index is 1.53. The molecule has 9 atom stereocenters.